The number of nitrogens with zero attached hydrogens (tertiary/aromatic N) is 2. The number of methoxy groups -OCH3 is 1. The third-order valence-electron chi connectivity index (χ3n) is 5.74. The molecule has 0 saturated carbocycles. The van der Waals surface area contributed by atoms with Crippen molar-refractivity contribution in [2.45, 2.75) is 13.3 Å². The summed E-state index contributed by atoms with van der Waals surface area (Å²) in [6, 6.07) is 25.1. The zero-order valence-electron chi connectivity index (χ0n) is 20.6. The zero-order chi connectivity index (χ0) is 27.2. The summed E-state index contributed by atoms with van der Waals surface area (Å²) in [6.45, 7) is 1.89. The lowest BCUT2D eigenvalue weighted by Gasteiger charge is -2.23. The summed E-state index contributed by atoms with van der Waals surface area (Å²) in [4.78, 5) is 23.8. The van der Waals surface area contributed by atoms with Crippen molar-refractivity contribution < 1.29 is 28.0 Å². The topological polar surface area (TPSA) is 119 Å². The summed E-state index contributed by atoms with van der Waals surface area (Å²) in [7, 11) is 1.21. The van der Waals surface area contributed by atoms with Gasteiger partial charge in [-0.1, -0.05) is 48.0 Å². The predicted octanol–water partition coefficient (Wildman–Crippen LogP) is 6.35. The van der Waals surface area contributed by atoms with Gasteiger partial charge in [-0.2, -0.15) is 0 Å². The molecule has 0 aliphatic rings. The van der Waals surface area contributed by atoms with Gasteiger partial charge in [-0.05, 0) is 55.0 Å². The Morgan fingerprint density at radius 3 is 2.26 bits per heavy atom. The van der Waals surface area contributed by atoms with Crippen LogP contribution in [0, 0.1) is 17.0 Å². The highest BCUT2D eigenvalue weighted by atomic mass is 32.2. The fourth-order valence-electron chi connectivity index (χ4n) is 3.92. The highest BCUT2D eigenvalue weighted by Crippen LogP contribution is 2.35. The Kier molecular flexibility index (Phi) is 8.15. The monoisotopic (exact) mass is 532 g/mol. The number of carbonyl (C=O) groups excluding carboxylic acids is 1. The average Bonchev–Trinajstić information content (AvgIpc) is 2.90. The van der Waals surface area contributed by atoms with E-state index in [1.807, 2.05) is 37.3 Å². The van der Waals surface area contributed by atoms with Crippen molar-refractivity contribution in [2.24, 2.45) is 0 Å². The van der Waals surface area contributed by atoms with Crippen molar-refractivity contribution in [3.8, 4) is 11.5 Å². The largest absolute Gasteiger partial charge is 0.465 e. The molecule has 0 bridgehead atoms. The Hall–Kier alpha value is -4.54. The van der Waals surface area contributed by atoms with Crippen LogP contribution in [0.15, 0.2) is 91.0 Å². The van der Waals surface area contributed by atoms with E-state index in [-0.39, 0.29) is 22.7 Å². The van der Waals surface area contributed by atoms with Crippen LogP contribution in [0.2, 0.25) is 0 Å². The smallest absolute Gasteiger partial charge is 0.340 e. The van der Waals surface area contributed by atoms with Gasteiger partial charge >= 0.3 is 5.97 Å². The molecular weight excluding hydrogens is 508 g/mol. The number of rotatable bonds is 9. The first-order chi connectivity index (χ1) is 18.3. The molecular formula is C28H24N2O7S. The molecule has 0 fully saturated rings. The van der Waals surface area contributed by atoms with Gasteiger partial charge in [-0.25, -0.2) is 13.3 Å². The van der Waals surface area contributed by atoms with Crippen molar-refractivity contribution >= 4 is 34.3 Å². The second-order valence-electron chi connectivity index (χ2n) is 8.34. The van der Waals surface area contributed by atoms with Gasteiger partial charge in [-0.15, -0.1) is 0 Å². The Morgan fingerprint density at radius 2 is 1.63 bits per heavy atom. The van der Waals surface area contributed by atoms with Crippen LogP contribution in [0.25, 0.3) is 0 Å². The molecule has 1 unspecified atom stereocenters. The number of aryl methyl sites for hydroxylation is 1. The Morgan fingerprint density at radius 1 is 0.974 bits per heavy atom. The maximum atomic E-state index is 12.7. The summed E-state index contributed by atoms with van der Waals surface area (Å²) in [6.07, 6.45) is 0.328. The molecule has 0 aliphatic heterocycles. The molecule has 38 heavy (non-hydrogen) atoms. The average molecular weight is 533 g/mol. The van der Waals surface area contributed by atoms with E-state index >= 15 is 0 Å². The minimum atomic E-state index is -2.49. The molecule has 1 N–H and O–H groups in total. The van der Waals surface area contributed by atoms with E-state index in [1.54, 1.807) is 30.3 Å². The zero-order valence-corrected chi connectivity index (χ0v) is 21.4. The Balaban J connectivity index is 1.71. The van der Waals surface area contributed by atoms with Gasteiger partial charge in [0.2, 0.25) is 0 Å². The molecule has 0 spiro atoms. The number of esters is 1. The molecule has 10 heteroatoms. The van der Waals surface area contributed by atoms with Crippen molar-refractivity contribution in [1.82, 2.24) is 0 Å². The van der Waals surface area contributed by atoms with E-state index in [4.69, 9.17) is 9.47 Å². The van der Waals surface area contributed by atoms with Crippen LogP contribution in [0.5, 0.6) is 11.5 Å². The van der Waals surface area contributed by atoms with Crippen LogP contribution < -0.4 is 9.04 Å². The van der Waals surface area contributed by atoms with Gasteiger partial charge in [0.25, 0.3) is 17.0 Å². The number of benzene rings is 4. The number of nitro groups is 1. The lowest BCUT2D eigenvalue weighted by Crippen LogP contribution is -2.22. The maximum Gasteiger partial charge on any atom is 0.340 e. The van der Waals surface area contributed by atoms with Gasteiger partial charge in [-0.3, -0.25) is 14.7 Å². The number of anilines is 2. The van der Waals surface area contributed by atoms with Crippen LogP contribution in [0.1, 0.15) is 27.0 Å². The molecule has 4 rings (SSSR count). The van der Waals surface area contributed by atoms with E-state index in [0.717, 1.165) is 15.4 Å². The minimum Gasteiger partial charge on any atom is -0.465 e. The summed E-state index contributed by atoms with van der Waals surface area (Å²) in [5.41, 5.74) is 2.83. The summed E-state index contributed by atoms with van der Waals surface area (Å²) < 4.78 is 34.3. The van der Waals surface area contributed by atoms with Crippen molar-refractivity contribution in [3.63, 3.8) is 0 Å². The molecule has 0 heterocycles. The van der Waals surface area contributed by atoms with Crippen LogP contribution in [-0.4, -0.2) is 26.8 Å². The predicted molar refractivity (Wildman–Crippen MR) is 144 cm³/mol. The first-order valence-corrected chi connectivity index (χ1v) is 12.5. The van der Waals surface area contributed by atoms with Gasteiger partial charge < -0.3 is 9.47 Å². The van der Waals surface area contributed by atoms with Crippen molar-refractivity contribution in [1.29, 1.82) is 0 Å². The third kappa shape index (κ3) is 6.05. The number of hydrogen-bond donors (Lipinski definition) is 1. The van der Waals surface area contributed by atoms with Crippen LogP contribution in [0.4, 0.5) is 17.1 Å². The standard InChI is InChI=1S/C28H24N2O7S/c1-19-8-10-22(11-9-19)29(38(34)35)27-15-13-24(18-25(27)28(31)36-2)37-23-12-14-26(30(32)33)21(17-23)16-20-6-4-3-5-7-20/h3-15,17-18H,16H2,1-2H3,(H,34,35). The van der Waals surface area contributed by atoms with Crippen molar-refractivity contribution in [3.05, 3.63) is 123 Å². The van der Waals surface area contributed by atoms with Crippen LogP contribution in [0.3, 0.4) is 0 Å². The van der Waals surface area contributed by atoms with Gasteiger partial charge in [0.05, 0.1) is 29.0 Å². The number of ether oxygens (including phenoxy) is 2. The van der Waals surface area contributed by atoms with E-state index in [1.165, 1.54) is 37.4 Å². The van der Waals surface area contributed by atoms with E-state index in [2.05, 4.69) is 0 Å². The maximum absolute atomic E-state index is 12.7. The van der Waals surface area contributed by atoms with E-state index in [9.17, 15) is 23.7 Å². The Labute approximate surface area is 221 Å². The molecule has 194 valence electrons. The fraction of sp³-hybridized carbons (Fsp3) is 0.107. The SMILES string of the molecule is COC(=O)c1cc(Oc2ccc([N+](=O)[O-])c(Cc3ccccc3)c2)ccc1N(c1ccc(C)cc1)S(=O)O. The molecule has 9 nitrogen and oxygen atoms in total. The molecule has 0 saturated heterocycles. The molecule has 1 atom stereocenters. The second kappa shape index (κ2) is 11.7. The highest BCUT2D eigenvalue weighted by Gasteiger charge is 2.24. The summed E-state index contributed by atoms with van der Waals surface area (Å²) in [5.74, 6) is -0.172. The molecule has 4 aromatic rings. The summed E-state index contributed by atoms with van der Waals surface area (Å²) >= 11 is -2.49. The van der Waals surface area contributed by atoms with Crippen LogP contribution in [-0.2, 0) is 22.4 Å². The first kappa shape index (κ1) is 26.5. The van der Waals surface area contributed by atoms with Gasteiger partial charge in [0.1, 0.15) is 11.5 Å². The molecule has 0 amide bonds. The number of hydrogen-bond acceptors (Lipinski definition) is 6. The fourth-order valence-corrected chi connectivity index (χ4v) is 4.55. The molecule has 4 aromatic carbocycles. The van der Waals surface area contributed by atoms with Crippen molar-refractivity contribution in [2.75, 3.05) is 11.4 Å². The Bertz CT molecular complexity index is 1490. The lowest BCUT2D eigenvalue weighted by atomic mass is 10.0. The van der Waals surface area contributed by atoms with Gasteiger partial charge in [0, 0.05) is 18.1 Å². The first-order valence-electron chi connectivity index (χ1n) is 11.5. The number of nitro benzene ring substituents is 1. The van der Waals surface area contributed by atoms with Gasteiger partial charge in [0.15, 0.2) is 0 Å². The molecule has 0 aliphatic carbocycles. The second-order valence-corrected chi connectivity index (χ2v) is 9.17. The normalized spacial score (nSPS) is 11.4. The third-order valence-corrected chi connectivity index (χ3v) is 6.46. The molecule has 0 radical (unpaired) electrons. The highest BCUT2D eigenvalue weighted by molar-refractivity contribution is 7.81. The minimum absolute atomic E-state index is 0.000560. The quantitative estimate of drug-likeness (QED) is 0.115. The summed E-state index contributed by atoms with van der Waals surface area (Å²) in [5, 5.41) is 11.6. The molecule has 0 aromatic heterocycles. The van der Waals surface area contributed by atoms with E-state index in [0.29, 0.717) is 23.4 Å². The van der Waals surface area contributed by atoms with E-state index < -0.39 is 22.2 Å². The number of carbonyl (C=O) groups is 1. The lowest BCUT2D eigenvalue weighted by molar-refractivity contribution is -0.385. The van der Waals surface area contributed by atoms with Crippen LogP contribution >= 0.6 is 0 Å².